The third-order valence-corrected chi connectivity index (χ3v) is 4.96. The number of hydrogen-bond donors (Lipinski definition) is 1. The molecule has 8 nitrogen and oxygen atoms in total. The van der Waals surface area contributed by atoms with E-state index in [1.54, 1.807) is 47.3 Å². The predicted molar refractivity (Wildman–Crippen MR) is 122 cm³/mol. The molecule has 164 valence electrons. The van der Waals surface area contributed by atoms with Gasteiger partial charge in [-0.25, -0.2) is 9.78 Å². The zero-order valence-corrected chi connectivity index (χ0v) is 18.0. The fourth-order valence-electron chi connectivity index (χ4n) is 3.50. The SMILES string of the molecule is Cc1cc(=O)oc2cc(OCC(=O)Nc3ccc4ncn(CC(C)C)c(=O)c4c3)ccc12. The molecule has 0 aliphatic rings. The molecule has 0 radical (unpaired) electrons. The van der Waals surface area contributed by atoms with E-state index in [1.165, 1.54) is 6.07 Å². The lowest BCUT2D eigenvalue weighted by molar-refractivity contribution is -0.118. The summed E-state index contributed by atoms with van der Waals surface area (Å²) < 4.78 is 12.3. The molecule has 0 saturated carbocycles. The average Bonchev–Trinajstić information content (AvgIpc) is 2.74. The van der Waals surface area contributed by atoms with Crippen LogP contribution in [0.5, 0.6) is 5.75 Å². The van der Waals surface area contributed by atoms with E-state index in [0.29, 0.717) is 40.4 Å². The first-order valence-corrected chi connectivity index (χ1v) is 10.3. The first kappa shape index (κ1) is 21.3. The summed E-state index contributed by atoms with van der Waals surface area (Å²) in [6, 6.07) is 11.5. The Bertz CT molecular complexity index is 1440. The highest BCUT2D eigenvalue weighted by Gasteiger charge is 2.10. The molecule has 0 spiro atoms. The van der Waals surface area contributed by atoms with Crippen molar-refractivity contribution in [2.24, 2.45) is 5.92 Å². The van der Waals surface area contributed by atoms with Crippen molar-refractivity contribution in [2.45, 2.75) is 27.3 Å². The number of aromatic nitrogens is 2. The average molecular weight is 433 g/mol. The molecule has 0 aliphatic heterocycles. The topological polar surface area (TPSA) is 103 Å². The normalized spacial score (nSPS) is 11.2. The number of anilines is 1. The monoisotopic (exact) mass is 433 g/mol. The molecule has 0 bridgehead atoms. The van der Waals surface area contributed by atoms with Gasteiger partial charge in [-0.15, -0.1) is 0 Å². The molecule has 4 rings (SSSR count). The van der Waals surface area contributed by atoms with Crippen molar-refractivity contribution in [3.8, 4) is 5.75 Å². The molecule has 8 heteroatoms. The summed E-state index contributed by atoms with van der Waals surface area (Å²) in [5.74, 6) is 0.321. The van der Waals surface area contributed by atoms with Crippen molar-refractivity contribution in [3.63, 3.8) is 0 Å². The van der Waals surface area contributed by atoms with Crippen LogP contribution in [0, 0.1) is 12.8 Å². The number of ether oxygens (including phenoxy) is 1. The van der Waals surface area contributed by atoms with E-state index in [4.69, 9.17) is 9.15 Å². The summed E-state index contributed by atoms with van der Waals surface area (Å²) in [5.41, 5.74) is 1.66. The van der Waals surface area contributed by atoms with Gasteiger partial charge in [-0.3, -0.25) is 14.2 Å². The van der Waals surface area contributed by atoms with Gasteiger partial charge in [0.1, 0.15) is 11.3 Å². The standard InChI is InChI=1S/C24H23N3O5/c1-14(2)11-27-13-25-20-7-4-16(9-19(20)24(27)30)26-22(28)12-31-17-5-6-18-15(3)8-23(29)32-21(18)10-17/h4-10,13-14H,11-12H2,1-3H3,(H,26,28). The van der Waals surface area contributed by atoms with Gasteiger partial charge in [-0.05, 0) is 48.7 Å². The molecule has 0 saturated heterocycles. The lowest BCUT2D eigenvalue weighted by Crippen LogP contribution is -2.23. The fraction of sp³-hybridized carbons (Fsp3) is 0.250. The Morgan fingerprint density at radius 1 is 1.12 bits per heavy atom. The number of rotatable bonds is 6. The van der Waals surface area contributed by atoms with Crippen molar-refractivity contribution < 1.29 is 13.9 Å². The summed E-state index contributed by atoms with van der Waals surface area (Å²) in [7, 11) is 0. The second kappa shape index (κ2) is 8.66. The minimum Gasteiger partial charge on any atom is -0.484 e. The van der Waals surface area contributed by atoms with Crippen LogP contribution in [-0.2, 0) is 11.3 Å². The van der Waals surface area contributed by atoms with Crippen LogP contribution in [-0.4, -0.2) is 22.1 Å². The van der Waals surface area contributed by atoms with Gasteiger partial charge in [0.15, 0.2) is 6.61 Å². The third-order valence-electron chi connectivity index (χ3n) is 4.96. The zero-order chi connectivity index (χ0) is 22.8. The molecule has 2 aromatic carbocycles. The highest BCUT2D eigenvalue weighted by molar-refractivity contribution is 5.94. The number of amides is 1. The van der Waals surface area contributed by atoms with E-state index < -0.39 is 5.63 Å². The van der Waals surface area contributed by atoms with Crippen molar-refractivity contribution in [1.29, 1.82) is 0 Å². The molecule has 2 aromatic heterocycles. The number of aryl methyl sites for hydroxylation is 1. The van der Waals surface area contributed by atoms with Crippen LogP contribution in [0.1, 0.15) is 19.4 Å². The Hall–Kier alpha value is -3.94. The van der Waals surface area contributed by atoms with Crippen LogP contribution in [0.4, 0.5) is 5.69 Å². The number of carbonyl (C=O) groups excluding carboxylic acids is 1. The molecule has 0 aliphatic carbocycles. The smallest absolute Gasteiger partial charge is 0.336 e. The highest BCUT2D eigenvalue weighted by Crippen LogP contribution is 2.22. The Labute approximate surface area is 183 Å². The molecule has 0 unspecified atom stereocenters. The number of benzene rings is 2. The number of hydrogen-bond acceptors (Lipinski definition) is 6. The van der Waals surface area contributed by atoms with Gasteiger partial charge in [0, 0.05) is 29.8 Å². The number of nitrogens with one attached hydrogen (secondary N) is 1. The number of nitrogens with zero attached hydrogens (tertiary/aromatic N) is 2. The van der Waals surface area contributed by atoms with Crippen LogP contribution in [0.15, 0.2) is 62.8 Å². The van der Waals surface area contributed by atoms with Gasteiger partial charge >= 0.3 is 5.63 Å². The van der Waals surface area contributed by atoms with E-state index >= 15 is 0 Å². The molecule has 0 atom stereocenters. The summed E-state index contributed by atoms with van der Waals surface area (Å²) in [5, 5.41) is 3.97. The van der Waals surface area contributed by atoms with E-state index in [0.717, 1.165) is 10.9 Å². The maximum absolute atomic E-state index is 12.7. The van der Waals surface area contributed by atoms with Gasteiger partial charge in [-0.1, -0.05) is 13.8 Å². The molecule has 1 amide bonds. The Morgan fingerprint density at radius 3 is 2.72 bits per heavy atom. The van der Waals surface area contributed by atoms with E-state index in [-0.39, 0.29) is 18.1 Å². The maximum atomic E-state index is 12.7. The van der Waals surface area contributed by atoms with Crippen molar-refractivity contribution in [1.82, 2.24) is 9.55 Å². The van der Waals surface area contributed by atoms with Gasteiger partial charge in [-0.2, -0.15) is 0 Å². The lowest BCUT2D eigenvalue weighted by atomic mass is 10.1. The molecule has 0 fully saturated rings. The summed E-state index contributed by atoms with van der Waals surface area (Å²) in [6.07, 6.45) is 1.55. The van der Waals surface area contributed by atoms with Crippen molar-refractivity contribution in [2.75, 3.05) is 11.9 Å². The largest absolute Gasteiger partial charge is 0.484 e. The van der Waals surface area contributed by atoms with Gasteiger partial charge in [0.2, 0.25) is 0 Å². The first-order valence-electron chi connectivity index (χ1n) is 10.3. The first-order chi connectivity index (χ1) is 15.3. The van der Waals surface area contributed by atoms with E-state index in [9.17, 15) is 14.4 Å². The summed E-state index contributed by atoms with van der Waals surface area (Å²) in [4.78, 5) is 41.0. The Balaban J connectivity index is 1.48. The molecule has 1 N–H and O–H groups in total. The second-order valence-corrected chi connectivity index (χ2v) is 8.07. The molecule has 2 heterocycles. The Morgan fingerprint density at radius 2 is 1.94 bits per heavy atom. The van der Waals surface area contributed by atoms with Crippen molar-refractivity contribution in [3.05, 3.63) is 75.1 Å². The van der Waals surface area contributed by atoms with Gasteiger partial charge < -0.3 is 14.5 Å². The highest BCUT2D eigenvalue weighted by atomic mass is 16.5. The van der Waals surface area contributed by atoms with Crippen molar-refractivity contribution >= 4 is 33.5 Å². The van der Waals surface area contributed by atoms with Crippen LogP contribution in [0.3, 0.4) is 0 Å². The minimum absolute atomic E-state index is 0.149. The van der Waals surface area contributed by atoms with Crippen LogP contribution in [0.25, 0.3) is 21.9 Å². The quantitative estimate of drug-likeness (QED) is 0.467. The summed E-state index contributed by atoms with van der Waals surface area (Å²) in [6.45, 7) is 6.20. The molecular weight excluding hydrogens is 410 g/mol. The second-order valence-electron chi connectivity index (χ2n) is 8.07. The predicted octanol–water partition coefficient (Wildman–Crippen LogP) is 3.48. The molecule has 4 aromatic rings. The Kier molecular flexibility index (Phi) is 5.77. The van der Waals surface area contributed by atoms with Gasteiger partial charge in [0.25, 0.3) is 11.5 Å². The van der Waals surface area contributed by atoms with Crippen LogP contribution >= 0.6 is 0 Å². The van der Waals surface area contributed by atoms with E-state index in [2.05, 4.69) is 10.3 Å². The zero-order valence-electron chi connectivity index (χ0n) is 18.0. The van der Waals surface area contributed by atoms with Crippen LogP contribution < -0.4 is 21.2 Å². The minimum atomic E-state index is -0.442. The van der Waals surface area contributed by atoms with E-state index in [1.807, 2.05) is 20.8 Å². The van der Waals surface area contributed by atoms with Gasteiger partial charge in [0.05, 0.1) is 17.2 Å². The maximum Gasteiger partial charge on any atom is 0.336 e. The molecular formula is C24H23N3O5. The molecule has 32 heavy (non-hydrogen) atoms. The third kappa shape index (κ3) is 4.54. The fourth-order valence-corrected chi connectivity index (χ4v) is 3.50. The summed E-state index contributed by atoms with van der Waals surface area (Å²) >= 11 is 0. The lowest BCUT2D eigenvalue weighted by Gasteiger charge is -2.11. The number of carbonyl (C=O) groups is 1. The number of fused-ring (bicyclic) bond motifs is 2. The van der Waals surface area contributed by atoms with Crippen LogP contribution in [0.2, 0.25) is 0 Å².